The monoisotopic (exact) mass is 279 g/mol. The van der Waals surface area contributed by atoms with Gasteiger partial charge in [0.15, 0.2) is 18.2 Å². The van der Waals surface area contributed by atoms with Crippen LogP contribution < -0.4 is 10.5 Å². The predicted molar refractivity (Wildman–Crippen MR) is 71.9 cm³/mol. The van der Waals surface area contributed by atoms with E-state index in [1.165, 1.54) is 6.07 Å². The minimum Gasteiger partial charge on any atom is -0.482 e. The van der Waals surface area contributed by atoms with E-state index in [0.29, 0.717) is 24.7 Å². The van der Waals surface area contributed by atoms with Crippen LogP contribution in [0.1, 0.15) is 37.0 Å². The van der Waals surface area contributed by atoms with Crippen molar-refractivity contribution in [2.45, 2.75) is 32.8 Å². The fraction of sp³-hybridized carbons (Fsp3) is 0.429. The first-order chi connectivity index (χ1) is 9.61. The summed E-state index contributed by atoms with van der Waals surface area (Å²) in [5.41, 5.74) is 6.24. The minimum absolute atomic E-state index is 0.0642. The van der Waals surface area contributed by atoms with E-state index < -0.39 is 5.82 Å². The Hall–Kier alpha value is -1.95. The number of hydrogen-bond acceptors (Lipinski definition) is 5. The third-order valence-corrected chi connectivity index (χ3v) is 2.79. The maximum absolute atomic E-state index is 13.8. The molecule has 2 rings (SSSR count). The van der Waals surface area contributed by atoms with Gasteiger partial charge >= 0.3 is 0 Å². The van der Waals surface area contributed by atoms with Gasteiger partial charge in [-0.3, -0.25) is 0 Å². The normalized spacial score (nSPS) is 11.1. The van der Waals surface area contributed by atoms with Gasteiger partial charge in [-0.15, -0.1) is 0 Å². The number of benzene rings is 1. The number of nitrogens with two attached hydrogens (primary N) is 1. The van der Waals surface area contributed by atoms with Crippen LogP contribution in [-0.2, 0) is 13.0 Å². The lowest BCUT2D eigenvalue weighted by Crippen LogP contribution is -2.07. The summed E-state index contributed by atoms with van der Waals surface area (Å²) in [5.74, 6) is 0.879. The van der Waals surface area contributed by atoms with Crippen molar-refractivity contribution in [3.05, 3.63) is 41.3 Å². The highest BCUT2D eigenvalue weighted by Crippen LogP contribution is 2.24. The molecule has 0 fully saturated rings. The van der Waals surface area contributed by atoms with Crippen LogP contribution in [0.15, 0.2) is 22.7 Å². The zero-order chi connectivity index (χ0) is 14.5. The summed E-state index contributed by atoms with van der Waals surface area (Å²) in [6.07, 6.45) is 0.552. The lowest BCUT2D eigenvalue weighted by molar-refractivity contribution is 0.269. The summed E-state index contributed by atoms with van der Waals surface area (Å²) in [6.45, 7) is 4.40. The molecule has 1 aromatic heterocycles. The quantitative estimate of drug-likeness (QED) is 0.879. The average molecular weight is 279 g/mol. The van der Waals surface area contributed by atoms with Crippen LogP contribution in [-0.4, -0.2) is 16.7 Å². The van der Waals surface area contributed by atoms with Gasteiger partial charge < -0.3 is 15.0 Å². The molecule has 108 valence electrons. The molecule has 0 amide bonds. The van der Waals surface area contributed by atoms with Crippen LogP contribution >= 0.6 is 0 Å². The molecule has 2 N–H and O–H groups in total. The molecule has 0 saturated heterocycles. The average Bonchev–Trinajstić information content (AvgIpc) is 2.87. The van der Waals surface area contributed by atoms with Crippen molar-refractivity contribution in [1.29, 1.82) is 0 Å². The number of hydrogen-bond donors (Lipinski definition) is 1. The zero-order valence-corrected chi connectivity index (χ0v) is 11.6. The van der Waals surface area contributed by atoms with Crippen LogP contribution in [0.5, 0.6) is 5.75 Å². The molecule has 0 atom stereocenters. The largest absolute Gasteiger partial charge is 0.482 e. The van der Waals surface area contributed by atoms with Gasteiger partial charge in [0.2, 0.25) is 11.7 Å². The Morgan fingerprint density at radius 2 is 2.20 bits per heavy atom. The lowest BCUT2D eigenvalue weighted by atomic mass is 10.1. The second-order valence-electron chi connectivity index (χ2n) is 4.76. The first kappa shape index (κ1) is 14.5. The molecule has 0 saturated carbocycles. The van der Waals surface area contributed by atoms with E-state index >= 15 is 0 Å². The van der Waals surface area contributed by atoms with Gasteiger partial charge in [0, 0.05) is 5.92 Å². The maximum Gasteiger partial charge on any atom is 0.229 e. The molecule has 6 heteroatoms. The van der Waals surface area contributed by atoms with Crippen molar-refractivity contribution < 1.29 is 13.7 Å². The fourth-order valence-corrected chi connectivity index (χ4v) is 1.76. The van der Waals surface area contributed by atoms with Crippen LogP contribution in [0.25, 0.3) is 0 Å². The number of halogens is 1. The highest BCUT2D eigenvalue weighted by atomic mass is 19.1. The number of nitrogens with zero attached hydrogens (tertiary/aromatic N) is 2. The van der Waals surface area contributed by atoms with E-state index in [2.05, 4.69) is 10.1 Å². The number of rotatable bonds is 6. The van der Waals surface area contributed by atoms with Crippen molar-refractivity contribution in [1.82, 2.24) is 10.1 Å². The Balaban J connectivity index is 2.09. The number of para-hydroxylation sites is 1. The third kappa shape index (κ3) is 3.33. The van der Waals surface area contributed by atoms with E-state index in [1.54, 1.807) is 12.1 Å². The first-order valence-corrected chi connectivity index (χ1v) is 6.54. The molecule has 0 aliphatic heterocycles. The highest BCUT2D eigenvalue weighted by molar-refractivity contribution is 5.35. The molecule has 0 spiro atoms. The molecule has 0 aliphatic carbocycles. The van der Waals surface area contributed by atoms with Crippen LogP contribution in [0.3, 0.4) is 0 Å². The molecule has 1 aromatic carbocycles. The fourth-order valence-electron chi connectivity index (χ4n) is 1.76. The van der Waals surface area contributed by atoms with Crippen LogP contribution in [0, 0.1) is 5.82 Å². The maximum atomic E-state index is 13.8. The Morgan fingerprint density at radius 3 is 2.85 bits per heavy atom. The van der Waals surface area contributed by atoms with Crippen LogP contribution in [0.2, 0.25) is 0 Å². The van der Waals surface area contributed by atoms with E-state index in [1.807, 2.05) is 13.8 Å². The molecule has 0 aliphatic rings. The Kier molecular flexibility index (Phi) is 4.68. The second kappa shape index (κ2) is 6.47. The van der Waals surface area contributed by atoms with E-state index in [-0.39, 0.29) is 18.3 Å². The van der Waals surface area contributed by atoms with E-state index in [9.17, 15) is 4.39 Å². The molecule has 1 heterocycles. The van der Waals surface area contributed by atoms with Gasteiger partial charge in [-0.2, -0.15) is 4.98 Å². The molecule has 2 aromatic rings. The standard InChI is InChI=1S/C14H18FN3O2/c1-9(2)14-17-12(18-20-14)8-19-13-10(6-7-16)4-3-5-11(13)15/h3-5,9H,6-8,16H2,1-2H3. The van der Waals surface area contributed by atoms with Gasteiger partial charge in [0.1, 0.15) is 0 Å². The topological polar surface area (TPSA) is 74.2 Å². The summed E-state index contributed by atoms with van der Waals surface area (Å²) in [4.78, 5) is 4.18. The molecule has 5 nitrogen and oxygen atoms in total. The number of aromatic nitrogens is 2. The van der Waals surface area contributed by atoms with Crippen LogP contribution in [0.4, 0.5) is 4.39 Å². The molecular formula is C14H18FN3O2. The van der Waals surface area contributed by atoms with Gasteiger partial charge in [0.05, 0.1) is 0 Å². The van der Waals surface area contributed by atoms with E-state index in [0.717, 1.165) is 5.56 Å². The second-order valence-corrected chi connectivity index (χ2v) is 4.76. The molecular weight excluding hydrogens is 261 g/mol. The molecule has 0 radical (unpaired) electrons. The van der Waals surface area contributed by atoms with Gasteiger partial charge in [-0.1, -0.05) is 31.1 Å². The Labute approximate surface area is 116 Å². The van der Waals surface area contributed by atoms with Gasteiger partial charge in [0.25, 0.3) is 0 Å². The summed E-state index contributed by atoms with van der Waals surface area (Å²) < 4.78 is 24.3. The van der Waals surface area contributed by atoms with Crippen molar-refractivity contribution in [2.24, 2.45) is 5.73 Å². The summed E-state index contributed by atoms with van der Waals surface area (Å²) in [5, 5.41) is 3.80. The Morgan fingerprint density at radius 1 is 1.40 bits per heavy atom. The number of ether oxygens (including phenoxy) is 1. The van der Waals surface area contributed by atoms with Crippen molar-refractivity contribution in [3.63, 3.8) is 0 Å². The highest BCUT2D eigenvalue weighted by Gasteiger charge is 2.13. The third-order valence-electron chi connectivity index (χ3n) is 2.79. The van der Waals surface area contributed by atoms with Crippen molar-refractivity contribution >= 4 is 0 Å². The molecule has 0 unspecified atom stereocenters. The van der Waals surface area contributed by atoms with Gasteiger partial charge in [-0.05, 0) is 24.6 Å². The summed E-state index contributed by atoms with van der Waals surface area (Å²) in [6, 6.07) is 4.78. The Bertz CT molecular complexity index is 569. The molecule has 0 bridgehead atoms. The zero-order valence-electron chi connectivity index (χ0n) is 11.6. The first-order valence-electron chi connectivity index (χ1n) is 6.54. The summed E-state index contributed by atoms with van der Waals surface area (Å²) in [7, 11) is 0. The smallest absolute Gasteiger partial charge is 0.229 e. The molecule has 20 heavy (non-hydrogen) atoms. The SMILES string of the molecule is CC(C)c1nc(COc2c(F)cccc2CCN)no1. The van der Waals surface area contributed by atoms with Gasteiger partial charge in [-0.25, -0.2) is 4.39 Å². The van der Waals surface area contributed by atoms with Crippen molar-refractivity contribution in [3.8, 4) is 5.75 Å². The summed E-state index contributed by atoms with van der Waals surface area (Å²) >= 11 is 0. The van der Waals surface area contributed by atoms with Crippen molar-refractivity contribution in [2.75, 3.05) is 6.54 Å². The minimum atomic E-state index is -0.413. The predicted octanol–water partition coefficient (Wildman–Crippen LogP) is 2.41. The van der Waals surface area contributed by atoms with E-state index in [4.69, 9.17) is 15.0 Å². The lowest BCUT2D eigenvalue weighted by Gasteiger charge is -2.10.